The minimum Gasteiger partial charge on any atom is -0.494 e. The molecule has 0 saturated carbocycles. The molecule has 5 nitrogen and oxygen atoms in total. The normalized spacial score (nSPS) is 9.89. The summed E-state index contributed by atoms with van der Waals surface area (Å²) in [5.74, 6) is -0.770. The van der Waals surface area contributed by atoms with Crippen molar-refractivity contribution >= 4 is 11.8 Å². The molecule has 2 amide bonds. The highest BCUT2D eigenvalue weighted by molar-refractivity contribution is 6.34. The summed E-state index contributed by atoms with van der Waals surface area (Å²) in [6.45, 7) is 3.02. The maximum absolute atomic E-state index is 11.2. The van der Waals surface area contributed by atoms with E-state index in [4.69, 9.17) is 10.5 Å². The van der Waals surface area contributed by atoms with Gasteiger partial charge in [0.05, 0.1) is 6.61 Å². The van der Waals surface area contributed by atoms with Crippen LogP contribution in [0.1, 0.15) is 12.5 Å². The Hall–Kier alpha value is -2.04. The first-order valence-corrected chi connectivity index (χ1v) is 5.81. The molecule has 1 aromatic rings. The Morgan fingerprint density at radius 2 is 1.89 bits per heavy atom. The average molecular weight is 250 g/mol. The first-order valence-electron chi connectivity index (χ1n) is 5.81. The zero-order chi connectivity index (χ0) is 13.5. The summed E-state index contributed by atoms with van der Waals surface area (Å²) < 4.78 is 5.33. The molecule has 0 saturated heterocycles. The van der Waals surface area contributed by atoms with E-state index in [-0.39, 0.29) is 0 Å². The Kier molecular flexibility index (Phi) is 5.17. The molecule has 98 valence electrons. The van der Waals surface area contributed by atoms with Crippen molar-refractivity contribution in [3.05, 3.63) is 29.8 Å². The lowest BCUT2D eigenvalue weighted by atomic mass is 10.1. The van der Waals surface area contributed by atoms with Crippen LogP contribution in [0.15, 0.2) is 24.3 Å². The summed E-state index contributed by atoms with van der Waals surface area (Å²) in [6, 6.07) is 7.64. The minimum absolute atomic E-state index is 0.454. The molecule has 1 aromatic carbocycles. The number of ether oxygens (including phenoxy) is 1. The lowest BCUT2D eigenvalue weighted by Gasteiger charge is -2.14. The quantitative estimate of drug-likeness (QED) is 0.776. The van der Waals surface area contributed by atoms with E-state index in [0.717, 1.165) is 11.3 Å². The number of hydrogen-bond acceptors (Lipinski definition) is 3. The van der Waals surface area contributed by atoms with E-state index in [1.54, 1.807) is 7.05 Å². The van der Waals surface area contributed by atoms with Crippen molar-refractivity contribution in [2.24, 2.45) is 5.73 Å². The number of primary amides is 1. The number of carbonyl (C=O) groups excluding carboxylic acids is 2. The number of amides is 2. The molecule has 0 fully saturated rings. The molecule has 0 unspecified atom stereocenters. The Balaban J connectivity index is 2.48. The van der Waals surface area contributed by atoms with Gasteiger partial charge in [-0.05, 0) is 31.0 Å². The number of nitrogens with two attached hydrogens (primary N) is 1. The standard InChI is InChI=1S/C13H18N2O3/c1-3-18-11-6-4-10(5-7-11)8-9-15(2)13(17)12(14)16/h4-7H,3,8-9H2,1-2H3,(H2,14,16). The Bertz CT molecular complexity index is 415. The van der Waals surface area contributed by atoms with E-state index in [2.05, 4.69) is 0 Å². The Labute approximate surface area is 107 Å². The molecule has 0 aliphatic heterocycles. The summed E-state index contributed by atoms with van der Waals surface area (Å²) >= 11 is 0. The van der Waals surface area contributed by atoms with E-state index >= 15 is 0 Å². The van der Waals surface area contributed by atoms with Gasteiger partial charge in [0.1, 0.15) is 5.75 Å². The SMILES string of the molecule is CCOc1ccc(CCN(C)C(=O)C(N)=O)cc1. The fourth-order valence-electron chi connectivity index (χ4n) is 1.51. The van der Waals surface area contributed by atoms with Crippen LogP contribution in [0.5, 0.6) is 5.75 Å². The molecule has 0 heterocycles. The number of benzene rings is 1. The van der Waals surface area contributed by atoms with E-state index in [9.17, 15) is 9.59 Å². The molecule has 0 spiro atoms. The molecule has 18 heavy (non-hydrogen) atoms. The monoisotopic (exact) mass is 250 g/mol. The predicted octanol–water partition coefficient (Wildman–Crippen LogP) is 0.572. The van der Waals surface area contributed by atoms with Gasteiger partial charge in [-0.15, -0.1) is 0 Å². The number of likely N-dealkylation sites (N-methyl/N-ethyl adjacent to an activating group) is 1. The maximum atomic E-state index is 11.2. The second kappa shape index (κ2) is 6.64. The Morgan fingerprint density at radius 1 is 1.28 bits per heavy atom. The van der Waals surface area contributed by atoms with Crippen molar-refractivity contribution in [1.29, 1.82) is 0 Å². The van der Waals surface area contributed by atoms with Gasteiger partial charge in [-0.25, -0.2) is 0 Å². The van der Waals surface area contributed by atoms with Gasteiger partial charge in [-0.2, -0.15) is 0 Å². The summed E-state index contributed by atoms with van der Waals surface area (Å²) in [6.07, 6.45) is 0.669. The summed E-state index contributed by atoms with van der Waals surface area (Å²) in [5.41, 5.74) is 5.98. The highest BCUT2D eigenvalue weighted by atomic mass is 16.5. The summed E-state index contributed by atoms with van der Waals surface area (Å²) in [7, 11) is 1.56. The minimum atomic E-state index is -0.927. The second-order valence-electron chi connectivity index (χ2n) is 3.92. The van der Waals surface area contributed by atoms with Gasteiger partial charge < -0.3 is 15.4 Å². The molecule has 2 N–H and O–H groups in total. The van der Waals surface area contributed by atoms with Gasteiger partial charge in [0, 0.05) is 13.6 Å². The van der Waals surface area contributed by atoms with Crippen molar-refractivity contribution in [2.45, 2.75) is 13.3 Å². The van der Waals surface area contributed by atoms with Gasteiger partial charge in [-0.3, -0.25) is 9.59 Å². The van der Waals surface area contributed by atoms with Crippen LogP contribution in [0.2, 0.25) is 0 Å². The van der Waals surface area contributed by atoms with Crippen LogP contribution in [0.4, 0.5) is 0 Å². The maximum Gasteiger partial charge on any atom is 0.311 e. The van der Waals surface area contributed by atoms with Crippen LogP contribution >= 0.6 is 0 Å². The van der Waals surface area contributed by atoms with Gasteiger partial charge in [0.15, 0.2) is 0 Å². The van der Waals surface area contributed by atoms with Crippen molar-refractivity contribution in [3.8, 4) is 5.75 Å². The van der Waals surface area contributed by atoms with Crippen LogP contribution in [0, 0.1) is 0 Å². The van der Waals surface area contributed by atoms with Gasteiger partial charge in [0.2, 0.25) is 0 Å². The van der Waals surface area contributed by atoms with Gasteiger partial charge in [-0.1, -0.05) is 12.1 Å². The van der Waals surface area contributed by atoms with Crippen molar-refractivity contribution in [2.75, 3.05) is 20.2 Å². The molecule has 0 bridgehead atoms. The number of hydrogen-bond donors (Lipinski definition) is 1. The van der Waals surface area contributed by atoms with Crippen LogP contribution < -0.4 is 10.5 Å². The van der Waals surface area contributed by atoms with E-state index < -0.39 is 11.8 Å². The number of carbonyl (C=O) groups is 2. The molecule has 0 atom stereocenters. The van der Waals surface area contributed by atoms with E-state index in [0.29, 0.717) is 19.6 Å². The predicted molar refractivity (Wildman–Crippen MR) is 68.1 cm³/mol. The third-order valence-electron chi connectivity index (χ3n) is 2.53. The van der Waals surface area contributed by atoms with Gasteiger partial charge in [0.25, 0.3) is 0 Å². The van der Waals surface area contributed by atoms with Crippen molar-refractivity contribution in [3.63, 3.8) is 0 Å². The van der Waals surface area contributed by atoms with Crippen LogP contribution in [0.3, 0.4) is 0 Å². The molecule has 1 rings (SSSR count). The van der Waals surface area contributed by atoms with Gasteiger partial charge >= 0.3 is 11.8 Å². The largest absolute Gasteiger partial charge is 0.494 e. The number of rotatable bonds is 5. The average Bonchev–Trinajstić information content (AvgIpc) is 2.37. The first-order chi connectivity index (χ1) is 8.54. The zero-order valence-corrected chi connectivity index (χ0v) is 10.7. The summed E-state index contributed by atoms with van der Waals surface area (Å²) in [4.78, 5) is 23.2. The molecular weight excluding hydrogens is 232 g/mol. The fraction of sp³-hybridized carbons (Fsp3) is 0.385. The molecular formula is C13H18N2O3. The third-order valence-corrected chi connectivity index (χ3v) is 2.53. The lowest BCUT2D eigenvalue weighted by Crippen LogP contribution is -2.38. The molecule has 5 heteroatoms. The van der Waals surface area contributed by atoms with Crippen molar-refractivity contribution < 1.29 is 14.3 Å². The van der Waals surface area contributed by atoms with Crippen LogP contribution in [0.25, 0.3) is 0 Å². The highest BCUT2D eigenvalue weighted by Crippen LogP contribution is 2.12. The summed E-state index contributed by atoms with van der Waals surface area (Å²) in [5, 5.41) is 0. The molecule has 0 aliphatic carbocycles. The smallest absolute Gasteiger partial charge is 0.311 e. The van der Waals surface area contributed by atoms with Crippen molar-refractivity contribution in [1.82, 2.24) is 4.90 Å². The van der Waals surface area contributed by atoms with Crippen LogP contribution in [-0.4, -0.2) is 36.9 Å². The van der Waals surface area contributed by atoms with Crippen LogP contribution in [-0.2, 0) is 16.0 Å². The molecule has 0 aromatic heterocycles. The molecule has 0 aliphatic rings. The van der Waals surface area contributed by atoms with E-state index in [1.165, 1.54) is 4.90 Å². The topological polar surface area (TPSA) is 72.6 Å². The van der Waals surface area contributed by atoms with E-state index in [1.807, 2.05) is 31.2 Å². The first kappa shape index (κ1) is 14.0. The lowest BCUT2D eigenvalue weighted by molar-refractivity contribution is -0.143. The molecule has 0 radical (unpaired) electrons. The zero-order valence-electron chi connectivity index (χ0n) is 10.7. The Morgan fingerprint density at radius 3 is 2.39 bits per heavy atom. The fourth-order valence-corrected chi connectivity index (χ4v) is 1.51. The second-order valence-corrected chi connectivity index (χ2v) is 3.92. The number of nitrogens with zero attached hydrogens (tertiary/aromatic N) is 1. The third kappa shape index (κ3) is 4.08. The highest BCUT2D eigenvalue weighted by Gasteiger charge is 2.14.